The Bertz CT molecular complexity index is 881. The summed E-state index contributed by atoms with van der Waals surface area (Å²) >= 11 is 0.912. The number of nitrogens with one attached hydrogen (secondary N) is 1. The largest absolute Gasteiger partial charge is 0.481 e. The van der Waals surface area contributed by atoms with Crippen molar-refractivity contribution in [2.24, 2.45) is 11.1 Å². The van der Waals surface area contributed by atoms with Gasteiger partial charge in [0.15, 0.2) is 5.12 Å². The lowest BCUT2D eigenvalue weighted by Gasteiger charge is -2.16. The number of nitrogens with zero attached hydrogens (tertiary/aromatic N) is 1. The number of aryl methyl sites for hydroxylation is 1. The quantitative estimate of drug-likeness (QED) is 0.587. The minimum Gasteiger partial charge on any atom is -0.481 e. The van der Waals surface area contributed by atoms with Crippen molar-refractivity contribution in [3.05, 3.63) is 70.1 Å². The minimum atomic E-state index is -1.07. The summed E-state index contributed by atoms with van der Waals surface area (Å²) in [6.45, 7) is 3.30. The lowest BCUT2D eigenvalue weighted by molar-refractivity contribution is -0.141. The summed E-state index contributed by atoms with van der Waals surface area (Å²) < 4.78 is 0. The van der Waals surface area contributed by atoms with E-state index in [9.17, 15) is 24.4 Å². The monoisotopic (exact) mass is 414 g/mol. The number of hydrogen-bond acceptors (Lipinski definition) is 6. The summed E-state index contributed by atoms with van der Waals surface area (Å²) in [5.74, 6) is -2.11. The van der Waals surface area contributed by atoms with Gasteiger partial charge in [-0.1, -0.05) is 46.8 Å². The first-order valence-electron chi connectivity index (χ1n) is 8.96. The maximum absolute atomic E-state index is 12.3. The number of carboxylic acid groups (broad SMARTS) is 1. The Labute approximate surface area is 172 Å². The molecule has 0 aliphatic heterocycles. The average Bonchev–Trinajstić information content (AvgIpc) is 2.69. The van der Waals surface area contributed by atoms with Crippen molar-refractivity contribution in [3.63, 3.8) is 0 Å². The van der Waals surface area contributed by atoms with Crippen LogP contribution in [0.15, 0.2) is 53.7 Å². The topological polar surface area (TPSA) is 113 Å². The predicted molar refractivity (Wildman–Crippen MR) is 113 cm³/mol. The molecule has 0 bridgehead atoms. The summed E-state index contributed by atoms with van der Waals surface area (Å²) in [7, 11) is 0. The van der Waals surface area contributed by atoms with E-state index in [1.54, 1.807) is 36.4 Å². The highest BCUT2D eigenvalue weighted by atomic mass is 32.2. The van der Waals surface area contributed by atoms with E-state index in [1.165, 1.54) is 6.92 Å². The minimum absolute atomic E-state index is 0.00577. The van der Waals surface area contributed by atoms with Crippen LogP contribution in [0.2, 0.25) is 0 Å². The second kappa shape index (κ2) is 10.5. The Balaban J connectivity index is 2.05. The average molecular weight is 414 g/mol. The number of rotatable bonds is 9. The van der Waals surface area contributed by atoms with Crippen LogP contribution in [0.25, 0.3) is 0 Å². The molecular weight excluding hydrogens is 392 g/mol. The van der Waals surface area contributed by atoms with E-state index in [4.69, 9.17) is 0 Å². The van der Waals surface area contributed by atoms with Crippen molar-refractivity contribution >= 4 is 34.4 Å². The molecule has 0 heterocycles. The van der Waals surface area contributed by atoms with Gasteiger partial charge in [0.25, 0.3) is 5.91 Å². The Kier molecular flexibility index (Phi) is 8.09. The molecule has 2 rings (SSSR count). The molecule has 2 atom stereocenters. The van der Waals surface area contributed by atoms with Crippen LogP contribution >= 0.6 is 11.8 Å². The van der Waals surface area contributed by atoms with Crippen molar-refractivity contribution in [2.75, 3.05) is 11.1 Å². The maximum atomic E-state index is 12.3. The van der Waals surface area contributed by atoms with E-state index in [-0.39, 0.29) is 23.2 Å². The van der Waals surface area contributed by atoms with Crippen LogP contribution in [0.5, 0.6) is 0 Å². The van der Waals surface area contributed by atoms with Gasteiger partial charge >= 0.3 is 5.97 Å². The van der Waals surface area contributed by atoms with Gasteiger partial charge in [0.1, 0.15) is 6.04 Å². The van der Waals surface area contributed by atoms with Gasteiger partial charge in [-0.3, -0.25) is 14.4 Å². The number of carboxylic acids is 1. The molecule has 0 aromatic heterocycles. The SMILES string of the molecule is CC(=O)SCC(CC(N=O)c1ccc(NC(=O)c2ccc(C)cc2)cc1)C(=O)O. The molecule has 2 aromatic rings. The Morgan fingerprint density at radius 1 is 1.07 bits per heavy atom. The van der Waals surface area contributed by atoms with Crippen molar-refractivity contribution < 1.29 is 19.5 Å². The summed E-state index contributed by atoms with van der Waals surface area (Å²) in [6.07, 6.45) is -0.00577. The predicted octanol–water partition coefficient (Wildman–Crippen LogP) is 4.43. The molecule has 2 aromatic carbocycles. The molecule has 0 radical (unpaired) electrons. The van der Waals surface area contributed by atoms with E-state index in [1.807, 2.05) is 19.1 Å². The molecule has 152 valence electrons. The number of aliphatic carboxylic acids is 1. The Hall–Kier alpha value is -3.00. The fourth-order valence-corrected chi connectivity index (χ4v) is 3.38. The van der Waals surface area contributed by atoms with Crippen LogP contribution < -0.4 is 5.32 Å². The molecule has 0 aliphatic rings. The standard InChI is InChI=1S/C21H22N2O5S/c1-13-3-5-16(6-4-13)20(25)22-18-9-7-15(8-10-18)19(23-28)11-17(21(26)27)12-29-14(2)24/h3-10,17,19H,11-12H2,1-2H3,(H,22,25)(H,26,27). The highest BCUT2D eigenvalue weighted by molar-refractivity contribution is 8.13. The number of amides is 1. The smallest absolute Gasteiger partial charge is 0.307 e. The molecule has 2 unspecified atom stereocenters. The number of nitroso groups, excluding NO2 is 1. The second-order valence-corrected chi connectivity index (χ2v) is 7.83. The van der Waals surface area contributed by atoms with E-state index in [2.05, 4.69) is 10.5 Å². The zero-order valence-electron chi connectivity index (χ0n) is 16.1. The third-order valence-electron chi connectivity index (χ3n) is 4.34. The number of benzene rings is 2. The van der Waals surface area contributed by atoms with E-state index >= 15 is 0 Å². The highest BCUT2D eigenvalue weighted by Crippen LogP contribution is 2.28. The molecule has 8 heteroatoms. The maximum Gasteiger partial charge on any atom is 0.307 e. The van der Waals surface area contributed by atoms with Crippen molar-refractivity contribution in [1.29, 1.82) is 0 Å². The molecule has 0 saturated carbocycles. The molecule has 1 amide bonds. The lowest BCUT2D eigenvalue weighted by atomic mass is 9.96. The van der Waals surface area contributed by atoms with Crippen LogP contribution in [0.3, 0.4) is 0 Å². The zero-order chi connectivity index (χ0) is 21.4. The van der Waals surface area contributed by atoms with Crippen molar-refractivity contribution in [3.8, 4) is 0 Å². The lowest BCUT2D eigenvalue weighted by Crippen LogP contribution is -2.19. The van der Waals surface area contributed by atoms with Gasteiger partial charge in [-0.15, -0.1) is 0 Å². The molecule has 0 saturated heterocycles. The highest BCUT2D eigenvalue weighted by Gasteiger charge is 2.25. The fraction of sp³-hybridized carbons (Fsp3) is 0.286. The van der Waals surface area contributed by atoms with E-state index in [0.717, 1.165) is 17.3 Å². The van der Waals surface area contributed by atoms with Crippen LogP contribution in [-0.4, -0.2) is 27.9 Å². The van der Waals surface area contributed by atoms with Gasteiger partial charge in [-0.25, -0.2) is 0 Å². The third kappa shape index (κ3) is 6.83. The second-order valence-electron chi connectivity index (χ2n) is 6.64. The normalized spacial score (nSPS) is 12.6. The van der Waals surface area contributed by atoms with Gasteiger partial charge < -0.3 is 10.4 Å². The first kappa shape index (κ1) is 22.3. The third-order valence-corrected chi connectivity index (χ3v) is 5.31. The number of carbonyl (C=O) groups excluding carboxylic acids is 2. The molecule has 0 aliphatic carbocycles. The molecule has 2 N–H and O–H groups in total. The Morgan fingerprint density at radius 2 is 1.69 bits per heavy atom. The van der Waals surface area contributed by atoms with Gasteiger partial charge in [0, 0.05) is 23.9 Å². The summed E-state index contributed by atoms with van der Waals surface area (Å²) in [5, 5.41) is 15.0. The first-order valence-corrected chi connectivity index (χ1v) is 9.95. The molecule has 7 nitrogen and oxygen atoms in total. The molecule has 0 fully saturated rings. The van der Waals surface area contributed by atoms with Gasteiger partial charge in [0.2, 0.25) is 0 Å². The summed E-state index contributed by atoms with van der Waals surface area (Å²) in [6, 6.07) is 12.8. The van der Waals surface area contributed by atoms with Crippen molar-refractivity contribution in [2.45, 2.75) is 26.3 Å². The summed E-state index contributed by atoms with van der Waals surface area (Å²) in [5.41, 5.74) is 2.68. The van der Waals surface area contributed by atoms with Crippen LogP contribution in [0.1, 0.15) is 40.9 Å². The first-order chi connectivity index (χ1) is 13.8. The Morgan fingerprint density at radius 3 is 2.21 bits per heavy atom. The van der Waals surface area contributed by atoms with E-state index in [0.29, 0.717) is 16.8 Å². The van der Waals surface area contributed by atoms with Gasteiger partial charge in [-0.2, -0.15) is 4.91 Å². The van der Waals surface area contributed by atoms with Gasteiger partial charge in [-0.05, 0) is 43.2 Å². The van der Waals surface area contributed by atoms with Gasteiger partial charge in [0.05, 0.1) is 5.92 Å². The van der Waals surface area contributed by atoms with Crippen LogP contribution in [0.4, 0.5) is 5.69 Å². The number of anilines is 1. The van der Waals surface area contributed by atoms with Crippen molar-refractivity contribution in [1.82, 2.24) is 0 Å². The van der Waals surface area contributed by atoms with Crippen LogP contribution in [0, 0.1) is 17.7 Å². The molecule has 29 heavy (non-hydrogen) atoms. The molecule has 0 spiro atoms. The fourth-order valence-electron chi connectivity index (χ4n) is 2.66. The summed E-state index contributed by atoms with van der Waals surface area (Å²) in [4.78, 5) is 46.1. The molecular formula is C21H22N2O5S. The number of hydrogen-bond donors (Lipinski definition) is 2. The van der Waals surface area contributed by atoms with E-state index < -0.39 is 17.9 Å². The van der Waals surface area contributed by atoms with Crippen LogP contribution in [-0.2, 0) is 9.59 Å². The zero-order valence-corrected chi connectivity index (χ0v) is 16.9. The number of thioether (sulfide) groups is 1. The number of carbonyl (C=O) groups is 3.